The molecule has 1 amide bonds. The van der Waals surface area contributed by atoms with Gasteiger partial charge in [0.2, 0.25) is 10.0 Å². The number of amides is 1. The number of H-pyrrole nitrogens is 1. The van der Waals surface area contributed by atoms with E-state index in [4.69, 9.17) is 21.6 Å². The maximum Gasteiger partial charge on any atom is 0.407 e. The number of anilines is 1. The third kappa shape index (κ3) is 5.96. The Hall–Kier alpha value is -3.18. The normalized spacial score (nSPS) is 15.2. The van der Waals surface area contributed by atoms with Gasteiger partial charge in [-0.05, 0) is 38.3 Å². The number of halogens is 1. The number of aryl methyl sites for hydroxylation is 1. The molecule has 12 heteroatoms. The first-order chi connectivity index (χ1) is 17.0. The van der Waals surface area contributed by atoms with Crippen LogP contribution in [0.5, 0.6) is 0 Å². The fourth-order valence-corrected chi connectivity index (χ4v) is 4.68. The molecule has 0 radical (unpaired) electrons. The van der Waals surface area contributed by atoms with Gasteiger partial charge in [-0.3, -0.25) is 4.72 Å². The largest absolute Gasteiger partial charge is 0.453 e. The molecule has 2 heterocycles. The second-order valence-corrected chi connectivity index (χ2v) is 11.5. The van der Waals surface area contributed by atoms with Crippen molar-refractivity contribution in [1.29, 1.82) is 0 Å². The average molecular weight is 533 g/mol. The molecule has 36 heavy (non-hydrogen) atoms. The molecule has 10 nitrogen and oxygen atoms in total. The monoisotopic (exact) mass is 532 g/mol. The molecule has 1 aliphatic carbocycles. The zero-order valence-electron chi connectivity index (χ0n) is 20.6. The Bertz CT molecular complexity index is 1390. The van der Waals surface area contributed by atoms with E-state index in [1.165, 1.54) is 7.11 Å². The lowest BCUT2D eigenvalue weighted by Gasteiger charge is -2.12. The Labute approximate surface area is 215 Å². The molecule has 2 aromatic heterocycles. The van der Waals surface area contributed by atoms with Gasteiger partial charge in [0.25, 0.3) is 0 Å². The smallest absolute Gasteiger partial charge is 0.407 e. The summed E-state index contributed by atoms with van der Waals surface area (Å²) in [6, 6.07) is 6.82. The van der Waals surface area contributed by atoms with Crippen LogP contribution in [0.4, 0.5) is 10.5 Å². The predicted molar refractivity (Wildman–Crippen MR) is 138 cm³/mol. The number of methoxy groups -OCH3 is 1. The first kappa shape index (κ1) is 25.9. The van der Waals surface area contributed by atoms with E-state index in [1.807, 2.05) is 6.92 Å². The van der Waals surface area contributed by atoms with Gasteiger partial charge in [-0.25, -0.2) is 28.2 Å². The molecule has 1 aliphatic rings. The molecule has 1 fully saturated rings. The molecule has 1 atom stereocenters. The number of imidazole rings is 1. The molecule has 0 saturated heterocycles. The SMILES string of the molecule is COC(=O)N[C@@H](C)CCc1nccc(-c2[nH]c(C3(C)CC3)nc2-c2cccc(NS(C)(=O)=O)c2Cl)n1. The van der Waals surface area contributed by atoms with Crippen molar-refractivity contribution in [2.24, 2.45) is 0 Å². The van der Waals surface area contributed by atoms with E-state index in [1.54, 1.807) is 30.5 Å². The first-order valence-electron chi connectivity index (χ1n) is 11.5. The van der Waals surface area contributed by atoms with Crippen molar-refractivity contribution >= 4 is 33.4 Å². The maximum absolute atomic E-state index is 11.8. The van der Waals surface area contributed by atoms with Crippen molar-refractivity contribution in [3.63, 3.8) is 0 Å². The third-order valence-electron chi connectivity index (χ3n) is 6.14. The summed E-state index contributed by atoms with van der Waals surface area (Å²) >= 11 is 6.66. The number of alkyl carbamates (subject to hydrolysis) is 1. The molecule has 0 bridgehead atoms. The second-order valence-electron chi connectivity index (χ2n) is 9.34. The predicted octanol–water partition coefficient (Wildman–Crippen LogP) is 4.29. The van der Waals surface area contributed by atoms with E-state index in [2.05, 4.69) is 31.7 Å². The molecular formula is C24H29ClN6O4S. The number of carbonyl (C=O) groups excluding carboxylic acids is 1. The molecule has 0 unspecified atom stereocenters. The van der Waals surface area contributed by atoms with Gasteiger partial charge in [0, 0.05) is 29.6 Å². The summed E-state index contributed by atoms with van der Waals surface area (Å²) in [7, 11) is -2.19. The standard InChI is InChI=1S/C24H29ClN6O4S/c1-14(27-23(32)35-3)8-9-18-26-13-10-17(28-18)21-20(29-22(30-21)24(2)11-12-24)15-6-5-7-16(19(15)25)31-36(4,33)34/h5-7,10,13-14,31H,8-9,11-12H2,1-4H3,(H,27,32)(H,29,30)/t14-/m0/s1. The van der Waals surface area contributed by atoms with E-state index in [-0.39, 0.29) is 22.2 Å². The molecule has 1 aromatic carbocycles. The molecular weight excluding hydrogens is 504 g/mol. The number of sulfonamides is 1. The lowest BCUT2D eigenvalue weighted by molar-refractivity contribution is 0.167. The summed E-state index contributed by atoms with van der Waals surface area (Å²) in [6.07, 6.45) is 5.48. The van der Waals surface area contributed by atoms with E-state index >= 15 is 0 Å². The number of hydrogen-bond acceptors (Lipinski definition) is 7. The minimum absolute atomic E-state index is 0.0487. The van der Waals surface area contributed by atoms with E-state index in [9.17, 15) is 13.2 Å². The minimum atomic E-state index is -3.51. The summed E-state index contributed by atoms with van der Waals surface area (Å²) in [4.78, 5) is 28.9. The van der Waals surface area contributed by atoms with Crippen LogP contribution in [0.2, 0.25) is 5.02 Å². The van der Waals surface area contributed by atoms with Crippen molar-refractivity contribution < 1.29 is 17.9 Å². The van der Waals surface area contributed by atoms with Gasteiger partial charge in [-0.2, -0.15) is 0 Å². The highest BCUT2D eigenvalue weighted by Crippen LogP contribution is 2.48. The molecule has 0 aliphatic heterocycles. The van der Waals surface area contributed by atoms with Crippen LogP contribution in [-0.4, -0.2) is 53.9 Å². The quantitative estimate of drug-likeness (QED) is 0.373. The molecule has 192 valence electrons. The Morgan fingerprint density at radius 2 is 2.03 bits per heavy atom. The van der Waals surface area contributed by atoms with Crippen molar-refractivity contribution in [2.45, 2.75) is 51.0 Å². The fraction of sp³-hybridized carbons (Fsp3) is 0.417. The van der Waals surface area contributed by atoms with Gasteiger partial charge in [-0.15, -0.1) is 0 Å². The Morgan fingerprint density at radius 1 is 1.28 bits per heavy atom. The van der Waals surface area contributed by atoms with Gasteiger partial charge in [-0.1, -0.05) is 30.7 Å². The number of ether oxygens (including phenoxy) is 1. The van der Waals surface area contributed by atoms with Crippen LogP contribution in [0.3, 0.4) is 0 Å². The lowest BCUT2D eigenvalue weighted by Crippen LogP contribution is -2.32. The number of nitrogens with one attached hydrogen (secondary N) is 3. The highest BCUT2D eigenvalue weighted by molar-refractivity contribution is 7.92. The number of nitrogens with zero attached hydrogens (tertiary/aromatic N) is 3. The fourth-order valence-electron chi connectivity index (χ4n) is 3.79. The highest BCUT2D eigenvalue weighted by Gasteiger charge is 2.42. The maximum atomic E-state index is 11.8. The van der Waals surface area contributed by atoms with Crippen LogP contribution < -0.4 is 10.0 Å². The van der Waals surface area contributed by atoms with Crippen molar-refractivity contribution in [3.05, 3.63) is 47.1 Å². The van der Waals surface area contributed by atoms with E-state index in [0.29, 0.717) is 41.3 Å². The minimum Gasteiger partial charge on any atom is -0.453 e. The van der Waals surface area contributed by atoms with Gasteiger partial charge in [0.05, 0.1) is 41.2 Å². The summed E-state index contributed by atoms with van der Waals surface area (Å²) in [5.41, 5.74) is 2.73. The van der Waals surface area contributed by atoms with Crippen LogP contribution in [0, 0.1) is 0 Å². The average Bonchev–Trinajstić information content (AvgIpc) is 3.41. The molecule has 3 N–H and O–H groups in total. The molecule has 3 aromatic rings. The second kappa shape index (κ2) is 10.1. The number of aromatic amines is 1. The van der Waals surface area contributed by atoms with Crippen LogP contribution in [-0.2, 0) is 26.6 Å². The van der Waals surface area contributed by atoms with Crippen LogP contribution >= 0.6 is 11.6 Å². The van der Waals surface area contributed by atoms with Gasteiger partial charge < -0.3 is 15.0 Å². The topological polar surface area (TPSA) is 139 Å². The Morgan fingerprint density at radius 3 is 2.69 bits per heavy atom. The molecule has 0 spiro atoms. The number of benzene rings is 1. The molecule has 4 rings (SSSR count). The zero-order valence-corrected chi connectivity index (χ0v) is 22.1. The Balaban J connectivity index is 1.70. The third-order valence-corrected chi connectivity index (χ3v) is 7.13. The van der Waals surface area contributed by atoms with Crippen molar-refractivity contribution in [3.8, 4) is 22.6 Å². The van der Waals surface area contributed by atoms with Gasteiger partial charge >= 0.3 is 6.09 Å². The van der Waals surface area contributed by atoms with Crippen LogP contribution in [0.1, 0.15) is 44.8 Å². The van der Waals surface area contributed by atoms with Crippen molar-refractivity contribution in [2.75, 3.05) is 18.1 Å². The summed E-state index contributed by atoms with van der Waals surface area (Å²) in [5.74, 6) is 1.45. The molecule has 1 saturated carbocycles. The van der Waals surface area contributed by atoms with Crippen molar-refractivity contribution in [1.82, 2.24) is 25.3 Å². The summed E-state index contributed by atoms with van der Waals surface area (Å²) < 4.78 is 30.7. The first-order valence-corrected chi connectivity index (χ1v) is 13.8. The van der Waals surface area contributed by atoms with Gasteiger partial charge in [0.15, 0.2) is 0 Å². The number of hydrogen-bond donors (Lipinski definition) is 3. The van der Waals surface area contributed by atoms with E-state index < -0.39 is 16.1 Å². The summed E-state index contributed by atoms with van der Waals surface area (Å²) in [5, 5.41) is 2.99. The highest BCUT2D eigenvalue weighted by atomic mass is 35.5. The summed E-state index contributed by atoms with van der Waals surface area (Å²) in [6.45, 7) is 4.03. The number of carbonyl (C=O) groups is 1. The lowest BCUT2D eigenvalue weighted by atomic mass is 10.1. The van der Waals surface area contributed by atoms with Gasteiger partial charge in [0.1, 0.15) is 11.6 Å². The Kier molecular flexibility index (Phi) is 7.24. The van der Waals surface area contributed by atoms with Crippen LogP contribution in [0.15, 0.2) is 30.5 Å². The number of rotatable bonds is 9. The zero-order chi connectivity index (χ0) is 26.1. The van der Waals surface area contributed by atoms with Crippen LogP contribution in [0.25, 0.3) is 22.6 Å². The number of aromatic nitrogens is 4. The van der Waals surface area contributed by atoms with E-state index in [0.717, 1.165) is 24.9 Å².